The smallest absolute Gasteiger partial charge is 0.229 e. The van der Waals surface area contributed by atoms with Crippen LogP contribution in [-0.4, -0.2) is 22.6 Å². The molecule has 1 unspecified atom stereocenters. The molecule has 0 aliphatic heterocycles. The van der Waals surface area contributed by atoms with Crippen molar-refractivity contribution in [2.75, 3.05) is 6.54 Å². The summed E-state index contributed by atoms with van der Waals surface area (Å²) in [6, 6.07) is 8.34. The Morgan fingerprint density at radius 2 is 2.19 bits per heavy atom. The number of aryl methyl sites for hydroxylation is 3. The third-order valence-electron chi connectivity index (χ3n) is 5.52. The van der Waals surface area contributed by atoms with Crippen LogP contribution in [0.5, 0.6) is 0 Å². The highest BCUT2D eigenvalue weighted by molar-refractivity contribution is 5.90. The Balaban J connectivity index is 1.40. The molecule has 2 heterocycles. The van der Waals surface area contributed by atoms with Crippen LogP contribution in [0.4, 0.5) is 0 Å². The van der Waals surface area contributed by atoms with Crippen molar-refractivity contribution in [3.05, 3.63) is 52.5 Å². The Bertz CT molecular complexity index is 919. The van der Waals surface area contributed by atoms with Crippen molar-refractivity contribution in [2.24, 2.45) is 0 Å². The van der Waals surface area contributed by atoms with Gasteiger partial charge in [0.15, 0.2) is 0 Å². The van der Waals surface area contributed by atoms with E-state index >= 15 is 0 Å². The minimum absolute atomic E-state index is 0.0646. The second kappa shape index (κ2) is 6.98. The summed E-state index contributed by atoms with van der Waals surface area (Å²) < 4.78 is 5.19. The lowest BCUT2D eigenvalue weighted by Gasteiger charge is -2.22. The number of hydrogen-bond acceptors (Lipinski definition) is 3. The van der Waals surface area contributed by atoms with E-state index in [1.54, 1.807) is 0 Å². The van der Waals surface area contributed by atoms with E-state index in [0.717, 1.165) is 60.3 Å². The van der Waals surface area contributed by atoms with Gasteiger partial charge in [0.1, 0.15) is 5.76 Å². The fraction of sp³-hybridized carbons (Fsp3) is 0.429. The van der Waals surface area contributed by atoms with Gasteiger partial charge in [-0.1, -0.05) is 23.4 Å². The van der Waals surface area contributed by atoms with Crippen LogP contribution in [0.2, 0.25) is 0 Å². The largest absolute Gasteiger partial charge is 0.361 e. The molecule has 2 aromatic heterocycles. The van der Waals surface area contributed by atoms with Crippen LogP contribution in [0.3, 0.4) is 0 Å². The van der Waals surface area contributed by atoms with Crippen LogP contribution in [0.25, 0.3) is 10.9 Å². The molecule has 5 heteroatoms. The zero-order chi connectivity index (χ0) is 18.1. The maximum absolute atomic E-state index is 12.8. The van der Waals surface area contributed by atoms with Crippen LogP contribution in [0.1, 0.15) is 53.5 Å². The third kappa shape index (κ3) is 3.02. The van der Waals surface area contributed by atoms with Crippen LogP contribution < -0.4 is 5.32 Å². The summed E-state index contributed by atoms with van der Waals surface area (Å²) in [5.41, 5.74) is 5.68. The number of nitrogens with one attached hydrogen (secondary N) is 2. The average molecular weight is 351 g/mol. The fourth-order valence-electron chi connectivity index (χ4n) is 4.14. The molecule has 0 saturated heterocycles. The monoisotopic (exact) mass is 351 g/mol. The fourth-order valence-corrected chi connectivity index (χ4v) is 4.14. The van der Waals surface area contributed by atoms with E-state index in [2.05, 4.69) is 33.7 Å². The van der Waals surface area contributed by atoms with Gasteiger partial charge >= 0.3 is 0 Å². The van der Waals surface area contributed by atoms with Crippen molar-refractivity contribution in [3.63, 3.8) is 0 Å². The second-order valence-corrected chi connectivity index (χ2v) is 7.20. The number of fused-ring (bicyclic) bond motifs is 3. The minimum atomic E-state index is -0.0646. The standard InChI is InChI=1S/C21H25N3O2/c1-13-15(14(2)26-24-13)10-6-12-22-21(25)18-9-5-8-17-16-7-3-4-11-19(16)23-20(17)18/h3-4,7,11,18,23H,5-6,8-10,12H2,1-2H3,(H,22,25). The van der Waals surface area contributed by atoms with E-state index in [1.165, 1.54) is 10.9 Å². The van der Waals surface area contributed by atoms with Crippen molar-refractivity contribution in [3.8, 4) is 0 Å². The molecule has 0 fully saturated rings. The zero-order valence-corrected chi connectivity index (χ0v) is 15.4. The van der Waals surface area contributed by atoms with E-state index in [9.17, 15) is 4.79 Å². The molecule has 0 saturated carbocycles. The Morgan fingerprint density at radius 1 is 1.35 bits per heavy atom. The molecule has 3 aromatic rings. The first kappa shape index (κ1) is 16.9. The number of para-hydroxylation sites is 1. The second-order valence-electron chi connectivity index (χ2n) is 7.20. The molecule has 26 heavy (non-hydrogen) atoms. The number of aromatic amines is 1. The van der Waals surface area contributed by atoms with Crippen molar-refractivity contribution in [2.45, 2.75) is 51.9 Å². The quantitative estimate of drug-likeness (QED) is 0.684. The minimum Gasteiger partial charge on any atom is -0.361 e. The maximum Gasteiger partial charge on any atom is 0.229 e. The highest BCUT2D eigenvalue weighted by Gasteiger charge is 2.29. The lowest BCUT2D eigenvalue weighted by molar-refractivity contribution is -0.122. The van der Waals surface area contributed by atoms with Crippen LogP contribution in [-0.2, 0) is 17.6 Å². The van der Waals surface area contributed by atoms with Gasteiger partial charge in [0.25, 0.3) is 0 Å². The summed E-state index contributed by atoms with van der Waals surface area (Å²) in [6.45, 7) is 4.58. The Hall–Kier alpha value is -2.56. The lowest BCUT2D eigenvalue weighted by atomic mass is 9.86. The summed E-state index contributed by atoms with van der Waals surface area (Å²) >= 11 is 0. The Kier molecular flexibility index (Phi) is 4.53. The SMILES string of the molecule is Cc1noc(C)c1CCCNC(=O)C1CCCc2c1[nH]c1ccccc21. The first-order chi connectivity index (χ1) is 12.6. The molecule has 1 aliphatic rings. The number of carbonyl (C=O) groups is 1. The molecule has 4 rings (SSSR count). The molecule has 0 radical (unpaired) electrons. The molecule has 2 N–H and O–H groups in total. The number of nitrogens with zero attached hydrogens (tertiary/aromatic N) is 1. The molecule has 1 aromatic carbocycles. The van der Waals surface area contributed by atoms with E-state index in [1.807, 2.05) is 19.9 Å². The lowest BCUT2D eigenvalue weighted by Crippen LogP contribution is -2.32. The molecule has 1 atom stereocenters. The summed E-state index contributed by atoms with van der Waals surface area (Å²) in [6.07, 6.45) is 4.79. The summed E-state index contributed by atoms with van der Waals surface area (Å²) in [4.78, 5) is 16.3. The van der Waals surface area contributed by atoms with Gasteiger partial charge < -0.3 is 14.8 Å². The highest BCUT2D eigenvalue weighted by atomic mass is 16.5. The van der Waals surface area contributed by atoms with Crippen molar-refractivity contribution < 1.29 is 9.32 Å². The van der Waals surface area contributed by atoms with Gasteiger partial charge in [0, 0.05) is 28.7 Å². The summed E-state index contributed by atoms with van der Waals surface area (Å²) in [5, 5.41) is 8.37. The highest BCUT2D eigenvalue weighted by Crippen LogP contribution is 2.36. The average Bonchev–Trinajstić information content (AvgIpc) is 3.19. The van der Waals surface area contributed by atoms with E-state index in [4.69, 9.17) is 4.52 Å². The number of benzene rings is 1. The van der Waals surface area contributed by atoms with Crippen LogP contribution in [0.15, 0.2) is 28.8 Å². The van der Waals surface area contributed by atoms with E-state index in [0.29, 0.717) is 6.54 Å². The zero-order valence-electron chi connectivity index (χ0n) is 15.4. The predicted molar refractivity (Wildman–Crippen MR) is 101 cm³/mol. The Morgan fingerprint density at radius 3 is 3.00 bits per heavy atom. The molecule has 136 valence electrons. The molecular formula is C21H25N3O2. The molecule has 0 spiro atoms. The third-order valence-corrected chi connectivity index (χ3v) is 5.52. The van der Waals surface area contributed by atoms with Gasteiger partial charge in [-0.15, -0.1) is 0 Å². The van der Waals surface area contributed by atoms with Crippen LogP contribution >= 0.6 is 0 Å². The number of carbonyl (C=O) groups excluding carboxylic acids is 1. The van der Waals surface area contributed by atoms with E-state index < -0.39 is 0 Å². The first-order valence-electron chi connectivity index (χ1n) is 9.44. The topological polar surface area (TPSA) is 70.9 Å². The van der Waals surface area contributed by atoms with E-state index in [-0.39, 0.29) is 11.8 Å². The first-order valence-corrected chi connectivity index (χ1v) is 9.44. The van der Waals surface area contributed by atoms with Gasteiger partial charge in [0.05, 0.1) is 11.6 Å². The summed E-state index contributed by atoms with van der Waals surface area (Å²) in [5.74, 6) is 0.949. The van der Waals surface area contributed by atoms with Crippen molar-refractivity contribution >= 4 is 16.8 Å². The van der Waals surface area contributed by atoms with Gasteiger partial charge in [-0.3, -0.25) is 4.79 Å². The van der Waals surface area contributed by atoms with Crippen molar-refractivity contribution in [1.29, 1.82) is 0 Å². The number of hydrogen-bond donors (Lipinski definition) is 2. The van der Waals surface area contributed by atoms with Crippen molar-refractivity contribution in [1.82, 2.24) is 15.5 Å². The molecular weight excluding hydrogens is 326 g/mol. The van der Waals surface area contributed by atoms with Gasteiger partial charge in [-0.25, -0.2) is 0 Å². The molecule has 1 aliphatic carbocycles. The normalized spacial score (nSPS) is 16.6. The number of aromatic nitrogens is 2. The maximum atomic E-state index is 12.8. The molecule has 5 nitrogen and oxygen atoms in total. The summed E-state index contributed by atoms with van der Waals surface area (Å²) in [7, 11) is 0. The number of rotatable bonds is 5. The van der Waals surface area contributed by atoms with Crippen LogP contribution in [0, 0.1) is 13.8 Å². The molecule has 1 amide bonds. The van der Waals surface area contributed by atoms with Gasteiger partial charge in [-0.05, 0) is 57.6 Å². The van der Waals surface area contributed by atoms with Gasteiger partial charge in [0.2, 0.25) is 5.91 Å². The predicted octanol–water partition coefficient (Wildman–Crippen LogP) is 3.94. The van der Waals surface area contributed by atoms with Gasteiger partial charge in [-0.2, -0.15) is 0 Å². The number of amides is 1. The Labute approximate surface area is 153 Å². The molecule has 0 bridgehead atoms. The number of H-pyrrole nitrogens is 1.